The average molecular weight is 1070 g/mol. The number of unbranched alkanes of at least 4 members (excludes halogenated alkanes) is 58. The highest BCUT2D eigenvalue weighted by Gasteiger charge is 2.18. The predicted molar refractivity (Wildman–Crippen MR) is 341 cm³/mol. The summed E-state index contributed by atoms with van der Waals surface area (Å²) in [7, 11) is 0. The van der Waals surface area contributed by atoms with Crippen LogP contribution in [0.2, 0.25) is 0 Å². The van der Waals surface area contributed by atoms with Crippen LogP contribution in [-0.2, 0) is 4.79 Å². The lowest BCUT2D eigenvalue weighted by molar-refractivity contribution is -0.123. The van der Waals surface area contributed by atoms with Gasteiger partial charge in [-0.2, -0.15) is 0 Å². The maximum absolute atomic E-state index is 12.5. The van der Waals surface area contributed by atoms with Crippen LogP contribution in [-0.4, -0.2) is 34.9 Å². The third-order valence-electron chi connectivity index (χ3n) is 16.9. The average Bonchev–Trinajstić information content (AvgIpc) is 3.42. The van der Waals surface area contributed by atoms with Gasteiger partial charge in [-0.25, -0.2) is 0 Å². The number of aliphatic hydroxyl groups is 2. The van der Waals surface area contributed by atoms with Crippen LogP contribution in [0, 0.1) is 0 Å². The Morgan fingerprint density at radius 1 is 0.303 bits per heavy atom. The third-order valence-corrected chi connectivity index (χ3v) is 16.9. The second-order valence-electron chi connectivity index (χ2n) is 24.7. The highest BCUT2D eigenvalue weighted by atomic mass is 16.3. The van der Waals surface area contributed by atoms with Gasteiger partial charge in [0.2, 0.25) is 5.91 Å². The van der Waals surface area contributed by atoms with E-state index in [1.54, 1.807) is 6.08 Å². The van der Waals surface area contributed by atoms with Crippen LogP contribution in [0.5, 0.6) is 0 Å². The number of amides is 1. The van der Waals surface area contributed by atoms with Gasteiger partial charge in [0.1, 0.15) is 0 Å². The summed E-state index contributed by atoms with van der Waals surface area (Å²) in [5.41, 5.74) is 0. The van der Waals surface area contributed by atoms with E-state index in [-0.39, 0.29) is 12.5 Å². The molecule has 0 aliphatic carbocycles. The van der Waals surface area contributed by atoms with Crippen LogP contribution >= 0.6 is 0 Å². The van der Waals surface area contributed by atoms with Crippen molar-refractivity contribution in [1.82, 2.24) is 5.32 Å². The van der Waals surface area contributed by atoms with Crippen molar-refractivity contribution in [2.45, 2.75) is 424 Å². The van der Waals surface area contributed by atoms with Gasteiger partial charge in [0.15, 0.2) is 0 Å². The van der Waals surface area contributed by atoms with Crippen LogP contribution in [0.1, 0.15) is 412 Å². The normalized spacial score (nSPS) is 12.7. The molecule has 0 saturated carbocycles. The Balaban J connectivity index is 3.40. The van der Waals surface area contributed by atoms with E-state index in [1.165, 1.54) is 360 Å². The van der Waals surface area contributed by atoms with E-state index in [0.29, 0.717) is 6.42 Å². The molecular formula is C72H141NO3. The lowest BCUT2D eigenvalue weighted by Gasteiger charge is -2.19. The summed E-state index contributed by atoms with van der Waals surface area (Å²) in [4.78, 5) is 12.5. The first kappa shape index (κ1) is 74.9. The largest absolute Gasteiger partial charge is 0.394 e. The standard InChI is InChI=1S/C72H141NO3/c1-3-5-7-9-11-13-15-17-19-21-23-25-27-29-31-32-33-34-35-36-37-38-39-40-41-42-44-46-48-50-52-54-56-58-60-62-64-66-68-72(76)73-70(69-74)71(75)67-65-63-61-59-57-55-53-51-49-47-45-43-30-28-26-24-22-20-18-16-14-12-10-8-6-4-2/h57,59,65,67,70-71,74-75H,3-56,58,60-64,66,68-69H2,1-2H3,(H,73,76)/b59-57+,67-65+. The first-order valence-corrected chi connectivity index (χ1v) is 35.6. The minimum Gasteiger partial charge on any atom is -0.394 e. The summed E-state index contributed by atoms with van der Waals surface area (Å²) in [6, 6.07) is -0.638. The minimum atomic E-state index is -0.861. The van der Waals surface area contributed by atoms with Gasteiger partial charge in [-0.1, -0.05) is 398 Å². The zero-order valence-corrected chi connectivity index (χ0v) is 52.3. The number of hydrogen-bond acceptors (Lipinski definition) is 3. The van der Waals surface area contributed by atoms with E-state index in [2.05, 4.69) is 31.3 Å². The van der Waals surface area contributed by atoms with Crippen molar-refractivity contribution in [3.8, 4) is 0 Å². The van der Waals surface area contributed by atoms with Crippen LogP contribution in [0.25, 0.3) is 0 Å². The van der Waals surface area contributed by atoms with E-state index in [4.69, 9.17) is 0 Å². The van der Waals surface area contributed by atoms with Gasteiger partial charge >= 0.3 is 0 Å². The van der Waals surface area contributed by atoms with Gasteiger partial charge in [-0.15, -0.1) is 0 Å². The number of rotatable bonds is 67. The SMILES string of the molecule is CCCCCCCCCCCCCCCCCCCCCC/C=C/CC/C=C/C(O)C(CO)NC(=O)CCCCCCCCCCCCCCCCCCCCCCCCCCCCCCCCCCCCCCCC. The fourth-order valence-electron chi connectivity index (χ4n) is 11.6. The van der Waals surface area contributed by atoms with Crippen molar-refractivity contribution in [3.05, 3.63) is 24.3 Å². The Bertz CT molecular complexity index is 1120. The number of allylic oxidation sites excluding steroid dienone is 3. The van der Waals surface area contributed by atoms with Crippen LogP contribution < -0.4 is 5.32 Å². The second-order valence-corrected chi connectivity index (χ2v) is 24.7. The highest BCUT2D eigenvalue weighted by Crippen LogP contribution is 2.20. The molecular weight excluding hydrogens is 927 g/mol. The smallest absolute Gasteiger partial charge is 0.220 e. The summed E-state index contributed by atoms with van der Waals surface area (Å²) < 4.78 is 0. The predicted octanol–water partition coefficient (Wildman–Crippen LogP) is 24.2. The Hall–Kier alpha value is -1.13. The molecule has 0 aliphatic rings. The number of hydrogen-bond donors (Lipinski definition) is 3. The van der Waals surface area contributed by atoms with Gasteiger partial charge in [-0.05, 0) is 32.1 Å². The number of carbonyl (C=O) groups is 1. The van der Waals surface area contributed by atoms with Crippen molar-refractivity contribution in [1.29, 1.82) is 0 Å². The third kappa shape index (κ3) is 63.7. The first-order chi connectivity index (χ1) is 37.7. The molecule has 76 heavy (non-hydrogen) atoms. The molecule has 452 valence electrons. The monoisotopic (exact) mass is 1070 g/mol. The lowest BCUT2D eigenvalue weighted by atomic mass is 10.0. The molecule has 2 unspecified atom stereocenters. The van der Waals surface area contributed by atoms with Crippen LogP contribution in [0.4, 0.5) is 0 Å². The zero-order valence-electron chi connectivity index (χ0n) is 52.3. The van der Waals surface area contributed by atoms with Crippen molar-refractivity contribution in [2.24, 2.45) is 0 Å². The highest BCUT2D eigenvalue weighted by molar-refractivity contribution is 5.76. The second kappa shape index (κ2) is 68.1. The summed E-state index contributed by atoms with van der Waals surface area (Å²) in [5, 5.41) is 23.3. The fourth-order valence-corrected chi connectivity index (χ4v) is 11.6. The number of aliphatic hydroxyl groups excluding tert-OH is 2. The zero-order chi connectivity index (χ0) is 54.8. The van der Waals surface area contributed by atoms with Gasteiger partial charge in [-0.3, -0.25) is 4.79 Å². The number of nitrogens with one attached hydrogen (secondary N) is 1. The van der Waals surface area contributed by atoms with E-state index >= 15 is 0 Å². The van der Waals surface area contributed by atoms with Crippen LogP contribution in [0.3, 0.4) is 0 Å². The van der Waals surface area contributed by atoms with Gasteiger partial charge in [0, 0.05) is 6.42 Å². The molecule has 1 amide bonds. The Morgan fingerprint density at radius 3 is 0.763 bits per heavy atom. The molecule has 0 aliphatic heterocycles. The fraction of sp³-hybridized carbons (Fsp3) is 0.931. The van der Waals surface area contributed by atoms with Crippen molar-refractivity contribution in [3.63, 3.8) is 0 Å². The van der Waals surface area contributed by atoms with E-state index in [1.807, 2.05) is 6.08 Å². The topological polar surface area (TPSA) is 69.6 Å². The molecule has 2 atom stereocenters. The van der Waals surface area contributed by atoms with Gasteiger partial charge < -0.3 is 15.5 Å². The number of carbonyl (C=O) groups excluding carboxylic acids is 1. The lowest BCUT2D eigenvalue weighted by Crippen LogP contribution is -2.45. The van der Waals surface area contributed by atoms with E-state index in [9.17, 15) is 15.0 Å². The van der Waals surface area contributed by atoms with Crippen molar-refractivity contribution in [2.75, 3.05) is 6.61 Å². The molecule has 0 fully saturated rings. The Labute approximate surface area is 479 Å². The molecule has 0 aromatic heterocycles. The molecule has 0 aromatic carbocycles. The van der Waals surface area contributed by atoms with Gasteiger partial charge in [0.25, 0.3) is 0 Å². The molecule has 0 bridgehead atoms. The minimum absolute atomic E-state index is 0.0640. The van der Waals surface area contributed by atoms with Crippen molar-refractivity contribution >= 4 is 5.91 Å². The molecule has 0 heterocycles. The summed E-state index contributed by atoms with van der Waals surface area (Å²) in [5.74, 6) is -0.0640. The summed E-state index contributed by atoms with van der Waals surface area (Å²) in [6.45, 7) is 4.35. The summed E-state index contributed by atoms with van der Waals surface area (Å²) >= 11 is 0. The molecule has 0 spiro atoms. The Morgan fingerprint density at radius 2 is 0.513 bits per heavy atom. The Kier molecular flexibility index (Phi) is 67.1. The quantitative estimate of drug-likeness (QED) is 0.0420. The molecule has 0 radical (unpaired) electrons. The van der Waals surface area contributed by atoms with E-state index < -0.39 is 12.1 Å². The van der Waals surface area contributed by atoms with E-state index in [0.717, 1.165) is 32.1 Å². The molecule has 4 nitrogen and oxygen atoms in total. The molecule has 0 saturated heterocycles. The molecule has 4 heteroatoms. The molecule has 0 rings (SSSR count). The summed E-state index contributed by atoms with van der Waals surface area (Å²) in [6.07, 6.45) is 92.9. The van der Waals surface area contributed by atoms with Crippen LogP contribution in [0.15, 0.2) is 24.3 Å². The maximum atomic E-state index is 12.5. The molecule has 0 aromatic rings. The van der Waals surface area contributed by atoms with Crippen molar-refractivity contribution < 1.29 is 15.0 Å². The first-order valence-electron chi connectivity index (χ1n) is 35.6. The van der Waals surface area contributed by atoms with Gasteiger partial charge in [0.05, 0.1) is 18.8 Å². The molecule has 3 N–H and O–H groups in total. The maximum Gasteiger partial charge on any atom is 0.220 e.